The molecule has 0 aromatic carbocycles. The SMILES string of the molecule is CC(C)c1ncc2c(n1)CCN(C(=O)c1n[nH]nc1C1CC1)C2. The van der Waals surface area contributed by atoms with Crippen molar-refractivity contribution in [2.24, 2.45) is 0 Å². The van der Waals surface area contributed by atoms with E-state index in [4.69, 9.17) is 0 Å². The van der Waals surface area contributed by atoms with Crippen LogP contribution in [0.1, 0.15) is 71.8 Å². The van der Waals surface area contributed by atoms with Crippen molar-refractivity contribution >= 4 is 5.91 Å². The fourth-order valence-electron chi connectivity index (χ4n) is 2.97. The third-order valence-corrected chi connectivity index (χ3v) is 4.50. The van der Waals surface area contributed by atoms with Gasteiger partial charge in [-0.25, -0.2) is 9.97 Å². The van der Waals surface area contributed by atoms with Gasteiger partial charge in [0.25, 0.3) is 5.91 Å². The smallest absolute Gasteiger partial charge is 0.276 e. The Hall–Kier alpha value is -2.31. The molecule has 23 heavy (non-hydrogen) atoms. The Kier molecular flexibility index (Phi) is 3.36. The Morgan fingerprint density at radius 1 is 1.35 bits per heavy atom. The van der Waals surface area contributed by atoms with Crippen LogP contribution in [0.2, 0.25) is 0 Å². The van der Waals surface area contributed by atoms with Gasteiger partial charge in [-0.1, -0.05) is 13.8 Å². The number of rotatable bonds is 3. The maximum Gasteiger partial charge on any atom is 0.276 e. The highest BCUT2D eigenvalue weighted by Crippen LogP contribution is 2.40. The number of amides is 1. The second-order valence-electron chi connectivity index (χ2n) is 6.66. The van der Waals surface area contributed by atoms with Gasteiger partial charge >= 0.3 is 0 Å². The lowest BCUT2D eigenvalue weighted by molar-refractivity contribution is 0.0726. The summed E-state index contributed by atoms with van der Waals surface area (Å²) in [5, 5.41) is 10.9. The summed E-state index contributed by atoms with van der Waals surface area (Å²) in [5.74, 6) is 1.55. The highest BCUT2D eigenvalue weighted by atomic mass is 16.2. The summed E-state index contributed by atoms with van der Waals surface area (Å²) in [4.78, 5) is 23.6. The number of hydrogen-bond donors (Lipinski definition) is 1. The van der Waals surface area contributed by atoms with Crippen LogP contribution in [0.15, 0.2) is 6.20 Å². The minimum Gasteiger partial charge on any atom is -0.332 e. The first-order valence-corrected chi connectivity index (χ1v) is 8.18. The highest BCUT2D eigenvalue weighted by Gasteiger charge is 2.34. The lowest BCUT2D eigenvalue weighted by Gasteiger charge is -2.28. The molecule has 2 aromatic rings. The number of carbonyl (C=O) groups excluding carboxylic acids is 1. The largest absolute Gasteiger partial charge is 0.332 e. The van der Waals surface area contributed by atoms with Crippen LogP contribution >= 0.6 is 0 Å². The van der Waals surface area contributed by atoms with Gasteiger partial charge in [-0.3, -0.25) is 4.79 Å². The van der Waals surface area contributed by atoms with Crippen molar-refractivity contribution in [3.63, 3.8) is 0 Å². The number of aromatic amines is 1. The summed E-state index contributed by atoms with van der Waals surface area (Å²) in [5.41, 5.74) is 3.41. The van der Waals surface area contributed by atoms with Gasteiger partial charge in [-0.2, -0.15) is 15.4 Å². The van der Waals surface area contributed by atoms with Crippen LogP contribution in [0, 0.1) is 0 Å². The standard InChI is InChI=1S/C16H20N6O/c1-9(2)15-17-7-11-8-22(6-5-12(11)18-15)16(23)14-13(10-3-4-10)19-21-20-14/h7,9-10H,3-6,8H2,1-2H3,(H,19,20,21). The van der Waals surface area contributed by atoms with Crippen LogP contribution in [0.3, 0.4) is 0 Å². The molecule has 0 atom stereocenters. The quantitative estimate of drug-likeness (QED) is 0.933. The van der Waals surface area contributed by atoms with Crippen molar-refractivity contribution in [2.45, 2.75) is 51.5 Å². The topological polar surface area (TPSA) is 87.7 Å². The molecule has 0 radical (unpaired) electrons. The minimum absolute atomic E-state index is 0.0424. The molecule has 1 amide bonds. The molecule has 7 heteroatoms. The van der Waals surface area contributed by atoms with Gasteiger partial charge in [-0.05, 0) is 12.8 Å². The number of carbonyl (C=O) groups is 1. The molecule has 0 unspecified atom stereocenters. The molecule has 1 fully saturated rings. The molecule has 0 saturated heterocycles. The first kappa shape index (κ1) is 14.3. The van der Waals surface area contributed by atoms with Crippen LogP contribution < -0.4 is 0 Å². The fourth-order valence-corrected chi connectivity index (χ4v) is 2.97. The van der Waals surface area contributed by atoms with Crippen LogP contribution in [-0.2, 0) is 13.0 Å². The Labute approximate surface area is 134 Å². The molecule has 1 saturated carbocycles. The van der Waals surface area contributed by atoms with Gasteiger partial charge in [0.15, 0.2) is 5.69 Å². The average Bonchev–Trinajstić information content (AvgIpc) is 3.30. The molecular formula is C16H20N6O. The summed E-state index contributed by atoms with van der Waals surface area (Å²) in [7, 11) is 0. The number of aromatic nitrogens is 5. The third kappa shape index (κ3) is 2.60. The van der Waals surface area contributed by atoms with Crippen LogP contribution in [-0.4, -0.2) is 42.7 Å². The molecule has 0 spiro atoms. The second-order valence-corrected chi connectivity index (χ2v) is 6.66. The molecule has 0 bridgehead atoms. The normalized spacial score (nSPS) is 17.4. The first-order chi connectivity index (χ1) is 11.1. The molecule has 1 aliphatic carbocycles. The summed E-state index contributed by atoms with van der Waals surface area (Å²) in [6.45, 7) is 5.38. The number of nitrogens with zero attached hydrogens (tertiary/aromatic N) is 5. The first-order valence-electron chi connectivity index (χ1n) is 8.18. The maximum atomic E-state index is 12.8. The zero-order valence-corrected chi connectivity index (χ0v) is 13.4. The van der Waals surface area contributed by atoms with Gasteiger partial charge in [0.1, 0.15) is 5.82 Å². The van der Waals surface area contributed by atoms with E-state index < -0.39 is 0 Å². The summed E-state index contributed by atoms with van der Waals surface area (Å²) in [6, 6.07) is 0. The van der Waals surface area contributed by atoms with Crippen LogP contribution in [0.5, 0.6) is 0 Å². The fraction of sp³-hybridized carbons (Fsp3) is 0.562. The molecule has 1 N–H and O–H groups in total. The molecule has 4 rings (SSSR count). The van der Waals surface area contributed by atoms with Gasteiger partial charge < -0.3 is 4.90 Å². The zero-order valence-electron chi connectivity index (χ0n) is 13.4. The van der Waals surface area contributed by atoms with E-state index >= 15 is 0 Å². The third-order valence-electron chi connectivity index (χ3n) is 4.50. The van der Waals surface area contributed by atoms with Crippen molar-refractivity contribution in [2.75, 3.05) is 6.54 Å². The molecule has 120 valence electrons. The zero-order chi connectivity index (χ0) is 16.0. The lowest BCUT2D eigenvalue weighted by atomic mass is 10.1. The van der Waals surface area contributed by atoms with Crippen molar-refractivity contribution < 1.29 is 4.79 Å². The van der Waals surface area contributed by atoms with E-state index in [0.717, 1.165) is 42.0 Å². The number of H-pyrrole nitrogens is 1. The van der Waals surface area contributed by atoms with Gasteiger partial charge in [-0.15, -0.1) is 0 Å². The lowest BCUT2D eigenvalue weighted by Crippen LogP contribution is -2.37. The van der Waals surface area contributed by atoms with Crippen molar-refractivity contribution in [3.8, 4) is 0 Å². The molecular weight excluding hydrogens is 292 g/mol. The Morgan fingerprint density at radius 2 is 2.17 bits per heavy atom. The van der Waals surface area contributed by atoms with Crippen LogP contribution in [0.25, 0.3) is 0 Å². The Morgan fingerprint density at radius 3 is 2.91 bits per heavy atom. The van der Waals surface area contributed by atoms with E-state index in [2.05, 4.69) is 39.2 Å². The summed E-state index contributed by atoms with van der Waals surface area (Å²) >= 11 is 0. The van der Waals surface area contributed by atoms with E-state index in [0.29, 0.717) is 30.6 Å². The van der Waals surface area contributed by atoms with Crippen molar-refractivity contribution in [1.29, 1.82) is 0 Å². The Balaban J connectivity index is 1.55. The highest BCUT2D eigenvalue weighted by molar-refractivity contribution is 5.93. The molecule has 2 aliphatic rings. The van der Waals surface area contributed by atoms with Crippen molar-refractivity contribution in [3.05, 3.63) is 34.7 Å². The van der Waals surface area contributed by atoms with E-state index in [1.165, 1.54) is 0 Å². The monoisotopic (exact) mass is 312 g/mol. The van der Waals surface area contributed by atoms with E-state index in [1.807, 2.05) is 11.1 Å². The maximum absolute atomic E-state index is 12.8. The predicted molar refractivity (Wildman–Crippen MR) is 82.9 cm³/mol. The molecule has 2 aromatic heterocycles. The van der Waals surface area contributed by atoms with E-state index in [9.17, 15) is 4.79 Å². The summed E-state index contributed by atoms with van der Waals surface area (Å²) in [6.07, 6.45) is 4.82. The van der Waals surface area contributed by atoms with E-state index in [-0.39, 0.29) is 5.91 Å². The van der Waals surface area contributed by atoms with Crippen LogP contribution in [0.4, 0.5) is 0 Å². The minimum atomic E-state index is -0.0424. The number of hydrogen-bond acceptors (Lipinski definition) is 5. The number of nitrogens with one attached hydrogen (secondary N) is 1. The number of fused-ring (bicyclic) bond motifs is 1. The molecule has 3 heterocycles. The predicted octanol–water partition coefficient (Wildman–Crippen LogP) is 1.79. The summed E-state index contributed by atoms with van der Waals surface area (Å²) < 4.78 is 0. The van der Waals surface area contributed by atoms with E-state index in [1.54, 1.807) is 0 Å². The van der Waals surface area contributed by atoms with Crippen molar-refractivity contribution in [1.82, 2.24) is 30.3 Å². The van der Waals surface area contributed by atoms with Gasteiger partial charge in [0.05, 0.1) is 11.4 Å². The second kappa shape index (κ2) is 5.40. The molecule has 1 aliphatic heterocycles. The Bertz CT molecular complexity index is 749. The average molecular weight is 312 g/mol. The van der Waals surface area contributed by atoms with Gasteiger partial charge in [0, 0.05) is 43.1 Å². The van der Waals surface area contributed by atoms with Gasteiger partial charge in [0.2, 0.25) is 0 Å². The molecule has 7 nitrogen and oxygen atoms in total.